The number of carbonyl (C=O) groups is 1. The van der Waals surface area contributed by atoms with Crippen molar-refractivity contribution < 1.29 is 26.9 Å². The fourth-order valence-electron chi connectivity index (χ4n) is 4.22. The highest BCUT2D eigenvalue weighted by atomic mass is 32.2. The molecular formula is C24H26F4N2O2S. The highest BCUT2D eigenvalue weighted by Crippen LogP contribution is 2.38. The van der Waals surface area contributed by atoms with E-state index in [4.69, 9.17) is 0 Å². The van der Waals surface area contributed by atoms with Crippen molar-refractivity contribution in [2.24, 2.45) is 5.92 Å². The van der Waals surface area contributed by atoms with Gasteiger partial charge in [-0.25, -0.2) is 17.6 Å². The third kappa shape index (κ3) is 4.90. The molecular weight excluding hydrogens is 456 g/mol. The molecule has 1 heterocycles. The Kier molecular flexibility index (Phi) is 6.75. The minimum Gasteiger partial charge on any atom is -0.598 e. The van der Waals surface area contributed by atoms with Crippen molar-refractivity contribution in [3.8, 4) is 11.1 Å². The lowest BCUT2D eigenvalue weighted by Crippen LogP contribution is -2.53. The van der Waals surface area contributed by atoms with Gasteiger partial charge >= 0.3 is 0 Å². The molecule has 0 radical (unpaired) electrons. The van der Waals surface area contributed by atoms with Crippen molar-refractivity contribution in [1.82, 2.24) is 9.62 Å². The Morgan fingerprint density at radius 2 is 1.82 bits per heavy atom. The Balaban J connectivity index is 1.69. The van der Waals surface area contributed by atoms with Gasteiger partial charge in [0.15, 0.2) is 0 Å². The van der Waals surface area contributed by atoms with E-state index in [1.54, 1.807) is 19.9 Å². The van der Waals surface area contributed by atoms with E-state index in [0.717, 1.165) is 4.90 Å². The molecule has 33 heavy (non-hydrogen) atoms. The van der Waals surface area contributed by atoms with Crippen molar-refractivity contribution in [2.75, 3.05) is 6.54 Å². The first-order chi connectivity index (χ1) is 15.6. The molecule has 2 aromatic carbocycles. The molecule has 3 atom stereocenters. The van der Waals surface area contributed by atoms with Gasteiger partial charge in [0.05, 0.1) is 12.6 Å². The van der Waals surface area contributed by atoms with E-state index in [0.29, 0.717) is 12.8 Å². The molecule has 0 aromatic heterocycles. The molecule has 1 aliphatic heterocycles. The van der Waals surface area contributed by atoms with E-state index in [1.807, 2.05) is 0 Å². The number of amides is 1. The Morgan fingerprint density at radius 1 is 1.15 bits per heavy atom. The molecule has 2 aliphatic rings. The number of hydrogen-bond acceptors (Lipinski definition) is 3. The number of rotatable bonds is 7. The summed E-state index contributed by atoms with van der Waals surface area (Å²) in [4.78, 5) is 13.8. The predicted octanol–water partition coefficient (Wildman–Crippen LogP) is 4.46. The minimum absolute atomic E-state index is 0.0168. The van der Waals surface area contributed by atoms with Crippen molar-refractivity contribution in [2.45, 2.75) is 56.4 Å². The average Bonchev–Trinajstić information content (AvgIpc) is 3.58. The molecule has 1 aliphatic carbocycles. The fraction of sp³-hybridized carbons (Fsp3) is 0.458. The predicted molar refractivity (Wildman–Crippen MR) is 119 cm³/mol. The SMILES string of the molecule is CC(C)C(=O)N1CC(F)(F)[C@H](N[S+]([O-])C2CC2)[C@@H]1Cc1cccc(-c2ccccc2F)c1F. The quantitative estimate of drug-likeness (QED) is 0.468. The average molecular weight is 483 g/mol. The number of benzene rings is 2. The molecule has 2 fully saturated rings. The second kappa shape index (κ2) is 9.27. The van der Waals surface area contributed by atoms with Crippen molar-refractivity contribution >= 4 is 17.3 Å². The lowest BCUT2D eigenvalue weighted by molar-refractivity contribution is -0.136. The van der Waals surface area contributed by atoms with Crippen LogP contribution in [-0.4, -0.2) is 45.2 Å². The first-order valence-electron chi connectivity index (χ1n) is 11.0. The smallest absolute Gasteiger partial charge is 0.286 e. The first kappa shape index (κ1) is 24.0. The number of carbonyl (C=O) groups excluding carboxylic acids is 1. The molecule has 1 saturated carbocycles. The van der Waals surface area contributed by atoms with Crippen LogP contribution in [0.3, 0.4) is 0 Å². The van der Waals surface area contributed by atoms with Gasteiger partial charge in [-0.1, -0.05) is 50.2 Å². The number of halogens is 4. The maximum absolute atomic E-state index is 15.5. The summed E-state index contributed by atoms with van der Waals surface area (Å²) >= 11 is -1.67. The topological polar surface area (TPSA) is 55.4 Å². The standard InChI is InChI=1S/C24H26F4N2O2S/c1-14(2)23(31)30-13-24(27,28)22(29-33(32)16-10-11-16)20(30)12-15-6-5-8-18(21(15)26)17-7-3-4-9-19(17)25/h3-9,14,16,20,22,29H,10-13H2,1-2H3/t20-,22+,33?/m0/s1. The van der Waals surface area contributed by atoms with Gasteiger partial charge in [-0.15, -0.1) is 4.72 Å². The highest BCUT2D eigenvalue weighted by Gasteiger charge is 2.58. The Morgan fingerprint density at radius 3 is 2.45 bits per heavy atom. The number of nitrogens with zero attached hydrogens (tertiary/aromatic N) is 1. The summed E-state index contributed by atoms with van der Waals surface area (Å²) in [6.45, 7) is 2.39. The van der Waals surface area contributed by atoms with Gasteiger partial charge in [-0.05, 0) is 18.1 Å². The zero-order valence-corrected chi connectivity index (χ0v) is 19.2. The molecule has 4 nitrogen and oxygen atoms in total. The van der Waals surface area contributed by atoms with Crippen LogP contribution >= 0.6 is 0 Å². The van der Waals surface area contributed by atoms with E-state index in [-0.39, 0.29) is 28.4 Å². The van der Waals surface area contributed by atoms with Gasteiger partial charge in [0, 0.05) is 41.2 Å². The maximum Gasteiger partial charge on any atom is 0.286 e. The molecule has 1 saturated heterocycles. The van der Waals surface area contributed by atoms with Crippen LogP contribution in [0.2, 0.25) is 0 Å². The van der Waals surface area contributed by atoms with Crippen molar-refractivity contribution in [1.29, 1.82) is 0 Å². The molecule has 1 unspecified atom stereocenters. The third-order valence-corrected chi connectivity index (χ3v) is 7.70. The van der Waals surface area contributed by atoms with Crippen molar-refractivity contribution in [3.63, 3.8) is 0 Å². The summed E-state index contributed by atoms with van der Waals surface area (Å²) in [6.07, 6.45) is 1.16. The zero-order valence-electron chi connectivity index (χ0n) is 18.4. The second-order valence-electron chi connectivity index (χ2n) is 9.00. The number of nitrogens with one attached hydrogen (secondary N) is 1. The number of hydrogen-bond donors (Lipinski definition) is 1. The molecule has 178 valence electrons. The van der Waals surface area contributed by atoms with Gasteiger partial charge in [-0.3, -0.25) is 4.79 Å². The van der Waals surface area contributed by atoms with Crippen LogP contribution in [0, 0.1) is 17.6 Å². The van der Waals surface area contributed by atoms with Crippen LogP contribution in [0.1, 0.15) is 32.3 Å². The molecule has 4 rings (SSSR count). The number of alkyl halides is 2. The van der Waals surface area contributed by atoms with Crippen LogP contribution in [-0.2, 0) is 22.6 Å². The third-order valence-electron chi connectivity index (χ3n) is 6.14. The number of likely N-dealkylation sites (tertiary alicyclic amines) is 1. The van der Waals surface area contributed by atoms with E-state index in [9.17, 15) is 13.7 Å². The summed E-state index contributed by atoms with van der Waals surface area (Å²) in [5.41, 5.74) is 0.167. The van der Waals surface area contributed by atoms with Gasteiger partial charge in [0.1, 0.15) is 22.9 Å². The summed E-state index contributed by atoms with van der Waals surface area (Å²) in [7, 11) is 0. The largest absolute Gasteiger partial charge is 0.598 e. The van der Waals surface area contributed by atoms with Crippen LogP contribution in [0.15, 0.2) is 42.5 Å². The molecule has 0 spiro atoms. The van der Waals surface area contributed by atoms with Gasteiger partial charge in [0.2, 0.25) is 5.91 Å². The monoisotopic (exact) mass is 482 g/mol. The van der Waals surface area contributed by atoms with Crippen LogP contribution in [0.4, 0.5) is 17.6 Å². The molecule has 9 heteroatoms. The van der Waals surface area contributed by atoms with Crippen LogP contribution in [0.25, 0.3) is 11.1 Å². The van der Waals surface area contributed by atoms with Gasteiger partial charge in [0.25, 0.3) is 5.92 Å². The summed E-state index contributed by atoms with van der Waals surface area (Å²) in [5.74, 6) is -5.68. The van der Waals surface area contributed by atoms with Crippen LogP contribution < -0.4 is 4.72 Å². The van der Waals surface area contributed by atoms with E-state index >= 15 is 13.2 Å². The summed E-state index contributed by atoms with van der Waals surface area (Å²) in [5, 5.41) is -0.183. The summed E-state index contributed by atoms with van der Waals surface area (Å²) in [6, 6.07) is 7.45. The van der Waals surface area contributed by atoms with E-state index in [2.05, 4.69) is 4.72 Å². The lowest BCUT2D eigenvalue weighted by Gasteiger charge is -2.30. The Hall–Kier alpha value is -2.10. The summed E-state index contributed by atoms with van der Waals surface area (Å²) < 4.78 is 74.8. The fourth-order valence-corrected chi connectivity index (χ4v) is 5.56. The van der Waals surface area contributed by atoms with Crippen LogP contribution in [0.5, 0.6) is 0 Å². The minimum atomic E-state index is -3.33. The normalized spacial score (nSPS) is 23.2. The maximum atomic E-state index is 15.5. The van der Waals surface area contributed by atoms with Gasteiger partial charge in [-0.2, -0.15) is 0 Å². The highest BCUT2D eigenvalue weighted by molar-refractivity contribution is 7.90. The van der Waals surface area contributed by atoms with E-state index in [1.165, 1.54) is 36.4 Å². The molecule has 1 amide bonds. The second-order valence-corrected chi connectivity index (χ2v) is 10.5. The van der Waals surface area contributed by atoms with Gasteiger partial charge < -0.3 is 9.45 Å². The zero-order chi connectivity index (χ0) is 23.9. The molecule has 2 aromatic rings. The van der Waals surface area contributed by atoms with Crippen molar-refractivity contribution in [3.05, 3.63) is 59.7 Å². The molecule has 1 N–H and O–H groups in total. The van der Waals surface area contributed by atoms with E-state index < -0.39 is 59.4 Å². The first-order valence-corrected chi connectivity index (χ1v) is 12.2. The Bertz CT molecular complexity index is 1030. The lowest BCUT2D eigenvalue weighted by atomic mass is 9.95. The molecule has 0 bridgehead atoms. The Labute approximate surface area is 193 Å².